The zero-order valence-electron chi connectivity index (χ0n) is 12.7. The normalized spacial score (nSPS) is 24.9. The van der Waals surface area contributed by atoms with Crippen molar-refractivity contribution in [2.75, 3.05) is 6.54 Å². The molecule has 2 rings (SSSR count). The van der Waals surface area contributed by atoms with E-state index in [9.17, 15) is 0 Å². The number of benzene rings is 1. The second-order valence-corrected chi connectivity index (χ2v) is 6.86. The minimum absolute atomic E-state index is 0.425. The lowest BCUT2D eigenvalue weighted by Gasteiger charge is -2.40. The van der Waals surface area contributed by atoms with E-state index in [4.69, 9.17) is 5.73 Å². The van der Waals surface area contributed by atoms with Crippen molar-refractivity contribution >= 4 is 15.9 Å². The van der Waals surface area contributed by atoms with Gasteiger partial charge >= 0.3 is 0 Å². The smallest absolute Gasteiger partial charge is 0.0333 e. The Labute approximate surface area is 131 Å². The number of nitrogens with zero attached hydrogens (tertiary/aromatic N) is 1. The van der Waals surface area contributed by atoms with Crippen LogP contribution in [0.3, 0.4) is 0 Å². The van der Waals surface area contributed by atoms with E-state index >= 15 is 0 Å². The Morgan fingerprint density at radius 2 is 1.90 bits per heavy atom. The first kappa shape index (κ1) is 16.0. The van der Waals surface area contributed by atoms with E-state index in [1.807, 2.05) is 0 Å². The summed E-state index contributed by atoms with van der Waals surface area (Å²) in [6.45, 7) is 5.78. The molecule has 1 atom stereocenters. The molecule has 1 aromatic rings. The lowest BCUT2D eigenvalue weighted by Crippen LogP contribution is -2.42. The van der Waals surface area contributed by atoms with Gasteiger partial charge in [-0.15, -0.1) is 0 Å². The molecule has 0 heterocycles. The fraction of sp³-hybridized carbons (Fsp3) is 0.647. The summed E-state index contributed by atoms with van der Waals surface area (Å²) in [5.74, 6) is 0. The highest BCUT2D eigenvalue weighted by atomic mass is 79.9. The Morgan fingerprint density at radius 1 is 1.25 bits per heavy atom. The molecule has 112 valence electrons. The Kier molecular flexibility index (Phi) is 6.06. The molecule has 1 aliphatic rings. The summed E-state index contributed by atoms with van der Waals surface area (Å²) in [4.78, 5) is 2.69. The van der Waals surface area contributed by atoms with E-state index in [1.165, 1.54) is 48.7 Å². The number of halogens is 1. The molecule has 0 saturated heterocycles. The molecule has 2 N–H and O–H groups in total. The van der Waals surface area contributed by atoms with Gasteiger partial charge in [-0.25, -0.2) is 0 Å². The number of hydrogen-bond acceptors (Lipinski definition) is 2. The summed E-state index contributed by atoms with van der Waals surface area (Å²) in [6.07, 6.45) is 6.05. The molecular weight excluding hydrogens is 312 g/mol. The predicted molar refractivity (Wildman–Crippen MR) is 89.8 cm³/mol. The van der Waals surface area contributed by atoms with Crippen LogP contribution in [0.5, 0.6) is 0 Å². The molecule has 1 unspecified atom stereocenters. The predicted octanol–water partition coefficient (Wildman–Crippen LogP) is 4.49. The highest BCUT2D eigenvalue weighted by Crippen LogP contribution is 2.33. The second-order valence-electron chi connectivity index (χ2n) is 6.00. The van der Waals surface area contributed by atoms with Crippen LogP contribution < -0.4 is 5.73 Å². The molecular formula is C17H27BrN2. The molecule has 1 fully saturated rings. The summed E-state index contributed by atoms with van der Waals surface area (Å²) in [5.41, 5.74) is 7.46. The van der Waals surface area contributed by atoms with Gasteiger partial charge in [-0.1, -0.05) is 41.1 Å². The third kappa shape index (κ3) is 3.84. The third-order valence-corrected chi connectivity index (χ3v) is 5.27. The molecule has 1 aromatic carbocycles. The minimum Gasteiger partial charge on any atom is -0.328 e. The molecule has 0 spiro atoms. The number of hydrogen-bond donors (Lipinski definition) is 1. The van der Waals surface area contributed by atoms with E-state index in [0.717, 1.165) is 0 Å². The van der Waals surface area contributed by atoms with Crippen molar-refractivity contribution < 1.29 is 0 Å². The third-order valence-electron chi connectivity index (χ3n) is 4.54. The molecule has 0 bridgehead atoms. The van der Waals surface area contributed by atoms with Gasteiger partial charge in [0.2, 0.25) is 0 Å². The molecule has 1 aliphatic carbocycles. The summed E-state index contributed by atoms with van der Waals surface area (Å²) in [7, 11) is 0. The lowest BCUT2D eigenvalue weighted by molar-refractivity contribution is 0.107. The van der Waals surface area contributed by atoms with Crippen LogP contribution >= 0.6 is 15.9 Å². The van der Waals surface area contributed by atoms with Gasteiger partial charge in [0.1, 0.15) is 0 Å². The van der Waals surface area contributed by atoms with Gasteiger partial charge in [-0.05, 0) is 57.2 Å². The highest BCUT2D eigenvalue weighted by Gasteiger charge is 2.28. The van der Waals surface area contributed by atoms with Gasteiger partial charge in [0.05, 0.1) is 0 Å². The van der Waals surface area contributed by atoms with Gasteiger partial charge in [0.25, 0.3) is 0 Å². The van der Waals surface area contributed by atoms with Crippen molar-refractivity contribution in [3.8, 4) is 0 Å². The molecule has 0 aromatic heterocycles. The van der Waals surface area contributed by atoms with E-state index < -0.39 is 0 Å². The first-order valence-electron chi connectivity index (χ1n) is 7.89. The lowest BCUT2D eigenvalue weighted by atomic mass is 9.89. The first-order valence-corrected chi connectivity index (χ1v) is 8.68. The van der Waals surface area contributed by atoms with Crippen LogP contribution in [0, 0.1) is 0 Å². The minimum atomic E-state index is 0.425. The van der Waals surface area contributed by atoms with Crippen LogP contribution in [0.15, 0.2) is 28.7 Å². The molecule has 20 heavy (non-hydrogen) atoms. The maximum absolute atomic E-state index is 6.06. The van der Waals surface area contributed by atoms with Gasteiger partial charge in [0, 0.05) is 22.6 Å². The number of nitrogens with two attached hydrogens (primary N) is 1. The summed E-state index contributed by atoms with van der Waals surface area (Å²) in [6, 6.07) is 10.2. The Balaban J connectivity index is 2.13. The van der Waals surface area contributed by atoms with Crippen LogP contribution in [-0.2, 0) is 0 Å². The van der Waals surface area contributed by atoms with Crippen molar-refractivity contribution in [1.29, 1.82) is 0 Å². The van der Waals surface area contributed by atoms with E-state index in [0.29, 0.717) is 18.1 Å². The van der Waals surface area contributed by atoms with Crippen LogP contribution in [0.2, 0.25) is 0 Å². The topological polar surface area (TPSA) is 29.3 Å². The Bertz CT molecular complexity index is 413. The van der Waals surface area contributed by atoms with Gasteiger partial charge < -0.3 is 5.73 Å². The van der Waals surface area contributed by atoms with E-state index in [2.05, 4.69) is 58.9 Å². The summed E-state index contributed by atoms with van der Waals surface area (Å²) in [5, 5.41) is 0. The van der Waals surface area contributed by atoms with Crippen LogP contribution in [-0.4, -0.2) is 23.5 Å². The maximum atomic E-state index is 6.06. The van der Waals surface area contributed by atoms with Crippen molar-refractivity contribution in [2.45, 2.75) is 64.1 Å². The largest absolute Gasteiger partial charge is 0.328 e. The van der Waals surface area contributed by atoms with Crippen molar-refractivity contribution in [1.82, 2.24) is 4.90 Å². The second kappa shape index (κ2) is 7.58. The molecule has 0 aliphatic heterocycles. The zero-order chi connectivity index (χ0) is 14.5. The van der Waals surface area contributed by atoms with Crippen molar-refractivity contribution in [3.05, 3.63) is 34.3 Å². The fourth-order valence-electron chi connectivity index (χ4n) is 3.38. The Hall–Kier alpha value is -0.380. The Morgan fingerprint density at radius 3 is 2.50 bits per heavy atom. The number of rotatable bonds is 5. The fourth-order valence-corrected chi connectivity index (χ4v) is 3.99. The molecule has 3 heteroatoms. The molecule has 1 saturated carbocycles. The van der Waals surface area contributed by atoms with Crippen molar-refractivity contribution in [3.63, 3.8) is 0 Å². The highest BCUT2D eigenvalue weighted by molar-refractivity contribution is 9.10. The average molecular weight is 339 g/mol. The first-order chi connectivity index (χ1) is 9.63. The average Bonchev–Trinajstić information content (AvgIpc) is 2.46. The monoisotopic (exact) mass is 338 g/mol. The quantitative estimate of drug-likeness (QED) is 0.856. The maximum Gasteiger partial charge on any atom is 0.0333 e. The van der Waals surface area contributed by atoms with Crippen molar-refractivity contribution in [2.24, 2.45) is 5.73 Å². The summed E-state index contributed by atoms with van der Waals surface area (Å²) >= 11 is 3.70. The van der Waals surface area contributed by atoms with Crippen LogP contribution in [0.4, 0.5) is 0 Å². The van der Waals surface area contributed by atoms with Crippen LogP contribution in [0.25, 0.3) is 0 Å². The zero-order valence-corrected chi connectivity index (χ0v) is 14.3. The standard InChI is InChI=1S/C17H27BrN2/c1-3-12-20(15-10-8-14(19)9-11-15)13(2)16-6-4-5-7-17(16)18/h4-7,13-15H,3,8-12,19H2,1-2H3. The SMILES string of the molecule is CCCN(C1CCC(N)CC1)C(C)c1ccccc1Br. The van der Waals surface area contributed by atoms with Gasteiger partial charge in [0.15, 0.2) is 0 Å². The summed E-state index contributed by atoms with van der Waals surface area (Å²) < 4.78 is 1.22. The van der Waals surface area contributed by atoms with Gasteiger partial charge in [-0.2, -0.15) is 0 Å². The molecule has 0 amide bonds. The van der Waals surface area contributed by atoms with Gasteiger partial charge in [-0.3, -0.25) is 4.90 Å². The molecule has 2 nitrogen and oxygen atoms in total. The molecule has 0 radical (unpaired) electrons. The van der Waals surface area contributed by atoms with Crippen LogP contribution in [0.1, 0.15) is 57.6 Å². The van der Waals surface area contributed by atoms with E-state index in [1.54, 1.807) is 0 Å². The van der Waals surface area contributed by atoms with E-state index in [-0.39, 0.29) is 0 Å².